The summed E-state index contributed by atoms with van der Waals surface area (Å²) in [5.41, 5.74) is 5.48. The van der Waals surface area contributed by atoms with Gasteiger partial charge in [0.25, 0.3) is 0 Å². The molecule has 5 rings (SSSR count). The summed E-state index contributed by atoms with van der Waals surface area (Å²) in [5.74, 6) is -1.27. The first kappa shape index (κ1) is 24.0. The number of aromatic nitrogens is 2. The number of fused-ring (bicyclic) bond motifs is 1. The molecule has 35 heavy (non-hydrogen) atoms. The lowest BCUT2D eigenvalue weighted by Crippen LogP contribution is -2.15. The van der Waals surface area contributed by atoms with E-state index in [9.17, 15) is 13.2 Å². The molecule has 4 aromatic rings. The number of nitrogens with zero attached hydrogens (tertiary/aromatic N) is 2. The molecule has 1 heterocycles. The van der Waals surface area contributed by atoms with E-state index in [4.69, 9.17) is 16.6 Å². The van der Waals surface area contributed by atoms with Crippen molar-refractivity contribution in [2.45, 2.75) is 49.9 Å². The van der Waals surface area contributed by atoms with Gasteiger partial charge in [0.2, 0.25) is 0 Å². The van der Waals surface area contributed by atoms with Gasteiger partial charge in [-0.25, -0.2) is 18.2 Å². The van der Waals surface area contributed by atoms with Crippen LogP contribution in [0.25, 0.3) is 5.69 Å². The topological polar surface area (TPSA) is 17.8 Å². The van der Waals surface area contributed by atoms with E-state index >= 15 is 0 Å². The van der Waals surface area contributed by atoms with E-state index in [2.05, 4.69) is 6.07 Å². The molecule has 7 heteroatoms. The molecular formula is C28H24ClF3N2S. The molecule has 1 aliphatic carbocycles. The predicted octanol–water partition coefficient (Wildman–Crippen LogP) is 8.32. The van der Waals surface area contributed by atoms with Crippen molar-refractivity contribution in [3.63, 3.8) is 0 Å². The van der Waals surface area contributed by atoms with Crippen LogP contribution in [-0.4, -0.2) is 9.55 Å². The van der Waals surface area contributed by atoms with E-state index in [1.165, 1.54) is 36.0 Å². The molecule has 2 nitrogen and oxygen atoms in total. The molecule has 0 spiro atoms. The monoisotopic (exact) mass is 512 g/mol. The summed E-state index contributed by atoms with van der Waals surface area (Å²) in [6.07, 6.45) is 2.73. The third-order valence-electron chi connectivity index (χ3n) is 6.50. The zero-order chi connectivity index (χ0) is 24.7. The maximum Gasteiger partial charge on any atom is 0.173 e. The molecule has 0 bridgehead atoms. The Labute approximate surface area is 212 Å². The van der Waals surface area contributed by atoms with Crippen LogP contribution in [0.15, 0.2) is 59.8 Å². The molecule has 0 amide bonds. The Bertz CT molecular complexity index is 1380. The number of halogens is 4. The highest BCUT2D eigenvalue weighted by atomic mass is 35.5. The summed E-state index contributed by atoms with van der Waals surface area (Å²) < 4.78 is 44.8. The standard InChI is InChI=1S/C28H24ClF3N2S/c1-16-12-24(31)22(25(32)13-16)15-35-28-33-26-5-3-4-21(18-6-11-23(29)17(2)14-18)27(26)34(28)20-9-7-19(30)8-10-20/h6-14,21H,3-5,15H2,1-2H3. The van der Waals surface area contributed by atoms with Crippen LogP contribution in [0.3, 0.4) is 0 Å². The van der Waals surface area contributed by atoms with Crippen LogP contribution < -0.4 is 0 Å². The molecule has 180 valence electrons. The van der Waals surface area contributed by atoms with E-state index in [-0.39, 0.29) is 23.1 Å². The number of benzene rings is 3. The van der Waals surface area contributed by atoms with E-state index in [0.717, 1.165) is 52.5 Å². The van der Waals surface area contributed by atoms with Crippen molar-refractivity contribution < 1.29 is 13.2 Å². The van der Waals surface area contributed by atoms with Crippen molar-refractivity contribution in [1.29, 1.82) is 0 Å². The first-order valence-corrected chi connectivity index (χ1v) is 12.9. The van der Waals surface area contributed by atoms with Gasteiger partial charge in [-0.3, -0.25) is 4.57 Å². The van der Waals surface area contributed by atoms with Crippen molar-refractivity contribution in [1.82, 2.24) is 9.55 Å². The van der Waals surface area contributed by atoms with Gasteiger partial charge in [0.1, 0.15) is 17.5 Å². The molecular weight excluding hydrogens is 489 g/mol. The smallest absolute Gasteiger partial charge is 0.173 e. The summed E-state index contributed by atoms with van der Waals surface area (Å²) in [7, 11) is 0. The van der Waals surface area contributed by atoms with Gasteiger partial charge in [-0.05, 0) is 92.3 Å². The van der Waals surface area contributed by atoms with Crippen molar-refractivity contribution in [3.05, 3.63) is 111 Å². The van der Waals surface area contributed by atoms with Gasteiger partial charge in [0.05, 0.1) is 11.4 Å². The zero-order valence-corrected chi connectivity index (χ0v) is 21.0. The van der Waals surface area contributed by atoms with E-state index in [0.29, 0.717) is 10.7 Å². The fraction of sp³-hybridized carbons (Fsp3) is 0.250. The minimum absolute atomic E-state index is 0.0251. The summed E-state index contributed by atoms with van der Waals surface area (Å²) in [6, 6.07) is 15.0. The highest BCUT2D eigenvalue weighted by Gasteiger charge is 2.30. The highest BCUT2D eigenvalue weighted by Crippen LogP contribution is 2.42. The Balaban J connectivity index is 1.61. The normalized spacial score (nSPS) is 15.3. The van der Waals surface area contributed by atoms with Crippen LogP contribution in [-0.2, 0) is 12.2 Å². The molecule has 0 N–H and O–H groups in total. The number of hydrogen-bond acceptors (Lipinski definition) is 2. The van der Waals surface area contributed by atoms with Gasteiger partial charge in [-0.15, -0.1) is 0 Å². The Morgan fingerprint density at radius 1 is 1.00 bits per heavy atom. The largest absolute Gasteiger partial charge is 0.291 e. The summed E-state index contributed by atoms with van der Waals surface area (Å²) in [5, 5.41) is 1.36. The van der Waals surface area contributed by atoms with Crippen LogP contribution in [0.5, 0.6) is 0 Å². The average Bonchev–Trinajstić information content (AvgIpc) is 3.19. The van der Waals surface area contributed by atoms with E-state index in [1.54, 1.807) is 19.1 Å². The molecule has 1 unspecified atom stereocenters. The Kier molecular flexibility index (Phi) is 6.69. The van der Waals surface area contributed by atoms with Gasteiger partial charge >= 0.3 is 0 Å². The molecule has 1 atom stereocenters. The van der Waals surface area contributed by atoms with E-state index < -0.39 is 11.6 Å². The van der Waals surface area contributed by atoms with Gasteiger partial charge in [0.15, 0.2) is 5.16 Å². The van der Waals surface area contributed by atoms with Gasteiger partial charge in [-0.1, -0.05) is 35.5 Å². The van der Waals surface area contributed by atoms with E-state index in [1.807, 2.05) is 23.6 Å². The lowest BCUT2D eigenvalue weighted by Gasteiger charge is -2.25. The lowest BCUT2D eigenvalue weighted by atomic mass is 9.83. The second-order valence-corrected chi connectivity index (χ2v) is 10.3. The fourth-order valence-electron chi connectivity index (χ4n) is 4.76. The van der Waals surface area contributed by atoms with Crippen molar-refractivity contribution in [2.75, 3.05) is 0 Å². The molecule has 0 saturated heterocycles. The first-order chi connectivity index (χ1) is 16.8. The van der Waals surface area contributed by atoms with Crippen LogP contribution in [0.4, 0.5) is 13.2 Å². The molecule has 0 radical (unpaired) electrons. The maximum absolute atomic E-state index is 14.5. The molecule has 0 saturated carbocycles. The molecule has 0 fully saturated rings. The number of aryl methyl sites for hydroxylation is 3. The van der Waals surface area contributed by atoms with Crippen LogP contribution >= 0.6 is 23.4 Å². The number of imidazole rings is 1. The highest BCUT2D eigenvalue weighted by molar-refractivity contribution is 7.98. The van der Waals surface area contributed by atoms with Gasteiger partial charge < -0.3 is 0 Å². The Morgan fingerprint density at radius 2 is 1.71 bits per heavy atom. The third-order valence-corrected chi connectivity index (χ3v) is 7.88. The number of rotatable bonds is 5. The number of thioether (sulfide) groups is 1. The molecule has 3 aromatic carbocycles. The quantitative estimate of drug-likeness (QED) is 0.250. The molecule has 1 aliphatic rings. The van der Waals surface area contributed by atoms with Crippen LogP contribution in [0, 0.1) is 31.3 Å². The lowest BCUT2D eigenvalue weighted by molar-refractivity contribution is 0.564. The van der Waals surface area contributed by atoms with Crippen molar-refractivity contribution in [3.8, 4) is 5.69 Å². The zero-order valence-electron chi connectivity index (χ0n) is 19.4. The molecule has 0 aliphatic heterocycles. The summed E-state index contributed by atoms with van der Waals surface area (Å²) >= 11 is 7.57. The minimum atomic E-state index is -0.561. The minimum Gasteiger partial charge on any atom is -0.291 e. The SMILES string of the molecule is Cc1cc(F)c(CSc2nc3c(n2-c2ccc(F)cc2)C(c2ccc(Cl)c(C)c2)CCC3)c(F)c1. The average molecular weight is 513 g/mol. The second kappa shape index (κ2) is 9.75. The van der Waals surface area contributed by atoms with Crippen molar-refractivity contribution >= 4 is 23.4 Å². The fourth-order valence-corrected chi connectivity index (χ4v) is 5.93. The summed E-state index contributed by atoms with van der Waals surface area (Å²) in [6.45, 7) is 3.65. The van der Waals surface area contributed by atoms with Crippen LogP contribution in [0.1, 0.15) is 52.4 Å². The first-order valence-electron chi connectivity index (χ1n) is 11.5. The third kappa shape index (κ3) is 4.74. The summed E-state index contributed by atoms with van der Waals surface area (Å²) in [4.78, 5) is 4.92. The van der Waals surface area contributed by atoms with Crippen molar-refractivity contribution in [2.24, 2.45) is 0 Å². The second-order valence-electron chi connectivity index (χ2n) is 8.99. The Hall–Kier alpha value is -2.70. The molecule has 1 aromatic heterocycles. The van der Waals surface area contributed by atoms with Gasteiger partial charge in [-0.2, -0.15) is 0 Å². The van der Waals surface area contributed by atoms with Crippen LogP contribution in [0.2, 0.25) is 5.02 Å². The maximum atomic E-state index is 14.5. The number of hydrogen-bond donors (Lipinski definition) is 0. The predicted molar refractivity (Wildman–Crippen MR) is 135 cm³/mol. The Morgan fingerprint density at radius 3 is 2.40 bits per heavy atom. The van der Waals surface area contributed by atoms with Gasteiger partial charge in [0, 0.05) is 27.9 Å².